The molecule has 0 aliphatic heterocycles. The molecular weight excluding hydrogens is 515 g/mol. The summed E-state index contributed by atoms with van der Waals surface area (Å²) in [6.07, 6.45) is -0.750. The number of carbonyl (C=O) groups excluding carboxylic acids is 1. The SMILES string of the molecule is CCCCCOC(=O)CC[C@H]1CC[C@@](c2cc(F)ccc2F)(S(=O)(=O)c2ccc(C(F)(F)F)cc2)CC1. The van der Waals surface area contributed by atoms with Gasteiger partial charge in [0, 0.05) is 12.0 Å². The number of halogens is 5. The fraction of sp³-hybridized carbons (Fsp3) is 0.519. The van der Waals surface area contributed by atoms with E-state index in [-0.39, 0.29) is 36.7 Å². The standard InChI is InChI=1S/C27H31F5O4S/c1-2-3-4-17-36-25(33)12-5-19-13-15-26(16-14-19,23-18-21(28)8-11-24(23)29)37(34,35)22-9-6-20(7-10-22)27(30,31)32/h6-11,18-19H,2-5,12-17H2,1H3/t19-,26+. The van der Waals surface area contributed by atoms with Gasteiger partial charge < -0.3 is 4.74 Å². The van der Waals surface area contributed by atoms with E-state index < -0.39 is 42.9 Å². The molecule has 3 rings (SSSR count). The van der Waals surface area contributed by atoms with Crippen molar-refractivity contribution in [2.24, 2.45) is 5.92 Å². The zero-order valence-corrected chi connectivity index (χ0v) is 21.4. The Morgan fingerprint density at radius 2 is 1.68 bits per heavy atom. The topological polar surface area (TPSA) is 60.4 Å². The largest absolute Gasteiger partial charge is 0.466 e. The number of benzene rings is 2. The highest BCUT2D eigenvalue weighted by Crippen LogP contribution is 2.50. The van der Waals surface area contributed by atoms with E-state index in [4.69, 9.17) is 4.74 Å². The molecule has 2 aromatic carbocycles. The Morgan fingerprint density at radius 1 is 1.03 bits per heavy atom. The smallest absolute Gasteiger partial charge is 0.416 e. The second kappa shape index (κ2) is 11.9. The molecule has 1 fully saturated rings. The number of esters is 1. The number of hydrogen-bond acceptors (Lipinski definition) is 4. The van der Waals surface area contributed by atoms with Crippen molar-refractivity contribution in [3.63, 3.8) is 0 Å². The Bertz CT molecular complexity index is 1170. The minimum absolute atomic E-state index is 0.0317. The second-order valence-corrected chi connectivity index (χ2v) is 11.8. The fourth-order valence-electron chi connectivity index (χ4n) is 4.94. The third kappa shape index (κ3) is 6.69. The predicted octanol–water partition coefficient (Wildman–Crippen LogP) is 7.36. The lowest BCUT2D eigenvalue weighted by atomic mass is 9.76. The van der Waals surface area contributed by atoms with Crippen LogP contribution < -0.4 is 0 Å². The van der Waals surface area contributed by atoms with E-state index in [2.05, 4.69) is 0 Å². The highest BCUT2D eigenvalue weighted by atomic mass is 32.2. The van der Waals surface area contributed by atoms with Crippen LogP contribution in [-0.4, -0.2) is 21.0 Å². The van der Waals surface area contributed by atoms with Crippen molar-refractivity contribution >= 4 is 15.8 Å². The molecule has 0 bridgehead atoms. The predicted molar refractivity (Wildman–Crippen MR) is 128 cm³/mol. The number of hydrogen-bond donors (Lipinski definition) is 0. The number of rotatable bonds is 10. The van der Waals surface area contributed by atoms with Gasteiger partial charge in [0.1, 0.15) is 16.4 Å². The van der Waals surface area contributed by atoms with E-state index in [9.17, 15) is 35.2 Å². The Balaban J connectivity index is 1.84. The zero-order chi connectivity index (χ0) is 27.3. The number of ether oxygens (including phenoxy) is 1. The van der Waals surface area contributed by atoms with Gasteiger partial charge in [-0.25, -0.2) is 17.2 Å². The van der Waals surface area contributed by atoms with Crippen LogP contribution in [0.15, 0.2) is 47.4 Å². The molecule has 0 radical (unpaired) electrons. The third-order valence-electron chi connectivity index (χ3n) is 7.11. The van der Waals surface area contributed by atoms with Gasteiger partial charge in [-0.3, -0.25) is 4.79 Å². The summed E-state index contributed by atoms with van der Waals surface area (Å²) in [6.45, 7) is 2.39. The van der Waals surface area contributed by atoms with Crippen molar-refractivity contribution in [1.29, 1.82) is 0 Å². The van der Waals surface area contributed by atoms with E-state index in [0.29, 0.717) is 38.0 Å². The van der Waals surface area contributed by atoms with Gasteiger partial charge in [-0.2, -0.15) is 13.2 Å². The molecule has 0 amide bonds. The maximum Gasteiger partial charge on any atom is 0.416 e. The Morgan fingerprint density at radius 3 is 2.27 bits per heavy atom. The summed E-state index contributed by atoms with van der Waals surface area (Å²) in [5, 5.41) is 0. The van der Waals surface area contributed by atoms with Gasteiger partial charge in [0.2, 0.25) is 0 Å². The summed E-state index contributed by atoms with van der Waals surface area (Å²) in [7, 11) is -4.42. The van der Waals surface area contributed by atoms with Gasteiger partial charge in [-0.05, 0) is 86.9 Å². The van der Waals surface area contributed by atoms with Gasteiger partial charge in [-0.15, -0.1) is 0 Å². The van der Waals surface area contributed by atoms with Crippen LogP contribution in [-0.2, 0) is 30.3 Å². The van der Waals surface area contributed by atoms with Crippen molar-refractivity contribution in [2.75, 3.05) is 6.61 Å². The van der Waals surface area contributed by atoms with Gasteiger partial charge >= 0.3 is 12.1 Å². The number of alkyl halides is 3. The van der Waals surface area contributed by atoms with Crippen LogP contribution >= 0.6 is 0 Å². The molecule has 0 heterocycles. The first-order chi connectivity index (χ1) is 17.4. The molecule has 0 unspecified atom stereocenters. The molecule has 0 N–H and O–H groups in total. The van der Waals surface area contributed by atoms with Crippen molar-refractivity contribution in [3.05, 3.63) is 65.2 Å². The van der Waals surface area contributed by atoms with Crippen LogP contribution in [0.1, 0.15) is 75.8 Å². The maximum absolute atomic E-state index is 14.9. The minimum atomic E-state index is -4.65. The quantitative estimate of drug-likeness (QED) is 0.178. The number of carbonyl (C=O) groups is 1. The van der Waals surface area contributed by atoms with Crippen LogP contribution in [0.4, 0.5) is 22.0 Å². The Hall–Kier alpha value is -2.49. The summed E-state index contributed by atoms with van der Waals surface area (Å²) in [4.78, 5) is 11.6. The van der Waals surface area contributed by atoms with Gasteiger partial charge in [0.25, 0.3) is 0 Å². The molecule has 1 aliphatic carbocycles. The first-order valence-electron chi connectivity index (χ1n) is 12.4. The average molecular weight is 547 g/mol. The molecule has 0 aromatic heterocycles. The monoisotopic (exact) mass is 546 g/mol. The summed E-state index contributed by atoms with van der Waals surface area (Å²) < 4.78 is 99.2. The van der Waals surface area contributed by atoms with Gasteiger partial charge in [-0.1, -0.05) is 19.8 Å². The number of unbranched alkanes of at least 4 members (excludes halogenated alkanes) is 2. The van der Waals surface area contributed by atoms with Gasteiger partial charge in [0.05, 0.1) is 17.1 Å². The lowest BCUT2D eigenvalue weighted by Gasteiger charge is -2.40. The maximum atomic E-state index is 14.9. The Labute approximate surface area is 214 Å². The summed E-state index contributed by atoms with van der Waals surface area (Å²) in [5.74, 6) is -2.07. The van der Waals surface area contributed by atoms with Crippen LogP contribution in [0.25, 0.3) is 0 Å². The highest BCUT2D eigenvalue weighted by molar-refractivity contribution is 7.92. The third-order valence-corrected chi connectivity index (χ3v) is 9.66. The molecule has 2 aromatic rings. The van der Waals surface area contributed by atoms with E-state index in [1.54, 1.807) is 0 Å². The lowest BCUT2D eigenvalue weighted by molar-refractivity contribution is -0.144. The molecule has 0 atom stereocenters. The summed E-state index contributed by atoms with van der Waals surface area (Å²) in [6, 6.07) is 5.64. The van der Waals surface area contributed by atoms with Crippen molar-refractivity contribution in [2.45, 2.75) is 80.5 Å². The van der Waals surface area contributed by atoms with Crippen LogP contribution in [0.2, 0.25) is 0 Å². The molecular formula is C27H31F5O4S. The van der Waals surface area contributed by atoms with E-state index in [1.807, 2.05) is 6.92 Å². The molecule has 4 nitrogen and oxygen atoms in total. The van der Waals surface area contributed by atoms with Gasteiger partial charge in [0.15, 0.2) is 9.84 Å². The average Bonchev–Trinajstić information content (AvgIpc) is 2.86. The molecule has 10 heteroatoms. The summed E-state index contributed by atoms with van der Waals surface area (Å²) >= 11 is 0. The molecule has 0 saturated heterocycles. The fourth-order valence-corrected chi connectivity index (χ4v) is 7.11. The van der Waals surface area contributed by atoms with Crippen LogP contribution in [0.5, 0.6) is 0 Å². The van der Waals surface area contributed by atoms with Crippen LogP contribution in [0.3, 0.4) is 0 Å². The molecule has 1 saturated carbocycles. The van der Waals surface area contributed by atoms with E-state index in [1.165, 1.54) is 0 Å². The molecule has 37 heavy (non-hydrogen) atoms. The minimum Gasteiger partial charge on any atom is -0.466 e. The van der Waals surface area contributed by atoms with E-state index >= 15 is 0 Å². The van der Waals surface area contributed by atoms with Crippen molar-refractivity contribution in [3.8, 4) is 0 Å². The van der Waals surface area contributed by atoms with E-state index in [0.717, 1.165) is 49.6 Å². The van der Waals surface area contributed by atoms with Crippen LogP contribution in [0, 0.1) is 17.6 Å². The molecule has 1 aliphatic rings. The zero-order valence-electron chi connectivity index (χ0n) is 20.6. The first-order valence-corrected chi connectivity index (χ1v) is 13.9. The Kier molecular flexibility index (Phi) is 9.37. The van der Waals surface area contributed by atoms with Crippen molar-refractivity contribution in [1.82, 2.24) is 0 Å². The summed E-state index contributed by atoms with van der Waals surface area (Å²) in [5.41, 5.74) is -1.34. The lowest BCUT2D eigenvalue weighted by Crippen LogP contribution is -2.40. The normalized spacial score (nSPS) is 20.5. The second-order valence-electron chi connectivity index (χ2n) is 9.55. The highest BCUT2D eigenvalue weighted by Gasteiger charge is 2.50. The first kappa shape index (κ1) is 29.1. The number of sulfone groups is 1. The molecule has 0 spiro atoms. The van der Waals surface area contributed by atoms with Crippen molar-refractivity contribution < 1.29 is 39.9 Å². The molecule has 204 valence electrons.